The molecule has 0 fully saturated rings. The zero-order chi connectivity index (χ0) is 28.8. The molecule has 4 atom stereocenters. The second-order valence-corrected chi connectivity index (χ2v) is 9.48. The Morgan fingerprint density at radius 3 is 1.93 bits per heavy atom. The molecule has 3 amide bonds. The zero-order valence-corrected chi connectivity index (χ0v) is 25.9. The molecule has 0 aromatic heterocycles. The van der Waals surface area contributed by atoms with E-state index < -0.39 is 47.8 Å². The first-order valence-electron chi connectivity index (χ1n) is 12.6. The van der Waals surface area contributed by atoms with E-state index >= 15 is 0 Å². The van der Waals surface area contributed by atoms with Crippen molar-refractivity contribution in [1.82, 2.24) is 16.0 Å². The summed E-state index contributed by atoms with van der Waals surface area (Å²) < 4.78 is 0. The third-order valence-corrected chi connectivity index (χ3v) is 6.34. The van der Waals surface area contributed by atoms with Crippen LogP contribution >= 0.6 is 0 Å². The van der Waals surface area contributed by atoms with Crippen molar-refractivity contribution >= 4 is 36.2 Å². The van der Waals surface area contributed by atoms with Gasteiger partial charge in [-0.05, 0) is 49.3 Å². The minimum atomic E-state index is -1.18. The maximum absolute atomic E-state index is 13.4. The van der Waals surface area contributed by atoms with Gasteiger partial charge in [0.2, 0.25) is 17.7 Å². The topological polar surface area (TPSA) is 238 Å². The van der Waals surface area contributed by atoms with E-state index in [4.69, 9.17) is 29.5 Å². The summed E-state index contributed by atoms with van der Waals surface area (Å²) in [5, 5.41) is 38.0. The molecular weight excluding hydrogens is 723 g/mol. The van der Waals surface area contributed by atoms with Crippen LogP contribution in [0, 0.1) is 5.41 Å². The van der Waals surface area contributed by atoms with Crippen LogP contribution in [0.1, 0.15) is 30.4 Å². The average Bonchev–Trinajstić information content (AvgIpc) is 2.92. The van der Waals surface area contributed by atoms with Gasteiger partial charge in [0.15, 0.2) is 0 Å². The fourth-order valence-electron chi connectivity index (χ4n) is 3.80. The molecule has 2 rings (SSSR count). The molecule has 14 heteroatoms. The van der Waals surface area contributed by atoms with Gasteiger partial charge in [-0.1, -0.05) is 54.6 Å². The van der Waals surface area contributed by atoms with Crippen LogP contribution in [0.5, 0.6) is 5.75 Å². The van der Waals surface area contributed by atoms with E-state index in [0.29, 0.717) is 24.9 Å². The van der Waals surface area contributed by atoms with E-state index in [-0.39, 0.29) is 56.7 Å². The van der Waals surface area contributed by atoms with Crippen LogP contribution in [-0.2, 0) is 65.8 Å². The summed E-state index contributed by atoms with van der Waals surface area (Å²) in [5.74, 6) is -3.31. The molecule has 1 radical (unpaired) electrons. The number of hydrogen-bond donors (Lipinski definition) is 6. The molecule has 41 heavy (non-hydrogen) atoms. The largest absolute Gasteiger partial charge is 2.00 e. The summed E-state index contributed by atoms with van der Waals surface area (Å²) in [6.45, 7) is 0.385. The molecule has 12 nitrogen and oxygen atoms in total. The smallest absolute Gasteiger partial charge is 0.243 e. The number of unbranched alkanes of at least 4 members (excludes halogenated alkanes) is 1. The van der Waals surface area contributed by atoms with Crippen LogP contribution in [-0.4, -0.2) is 60.1 Å². The minimum absolute atomic E-state index is 0. The van der Waals surface area contributed by atoms with Crippen LogP contribution in [0.2, 0.25) is 0 Å². The van der Waals surface area contributed by atoms with Crippen LogP contribution in [0.15, 0.2) is 54.6 Å². The Kier molecular flexibility index (Phi) is 18.5. The van der Waals surface area contributed by atoms with E-state index in [1.165, 1.54) is 12.1 Å². The van der Waals surface area contributed by atoms with Gasteiger partial charge in [0.25, 0.3) is 0 Å². The molecule has 227 valence electrons. The second kappa shape index (κ2) is 20.0. The van der Waals surface area contributed by atoms with Crippen molar-refractivity contribution < 1.29 is 50.5 Å². The van der Waals surface area contributed by atoms with Crippen molar-refractivity contribution in [1.29, 1.82) is 5.41 Å². The average molecular weight is 758 g/mol. The van der Waals surface area contributed by atoms with E-state index in [1.807, 2.05) is 30.3 Å². The van der Waals surface area contributed by atoms with Gasteiger partial charge >= 0.3 is 0 Å². The Morgan fingerprint density at radius 1 is 0.829 bits per heavy atom. The summed E-state index contributed by atoms with van der Waals surface area (Å²) in [5.41, 5.74) is 13.1. The van der Waals surface area contributed by atoms with Gasteiger partial charge in [-0.25, -0.2) is 0 Å². The molecule has 0 heterocycles. The van der Waals surface area contributed by atoms with Crippen molar-refractivity contribution in [2.24, 2.45) is 11.5 Å². The summed E-state index contributed by atoms with van der Waals surface area (Å²) in [6, 6.07) is 10.7. The standard InChI is InChI=1S/C27H38N6O5S.O.Re/c28-13-5-4-8-21(26(37)33-23(16-39)24(30)35)31-27(38)22(15-18-9-11-19(34)12-10-18)32-25(36)20(29)14-17-6-2-1-3-7-17;;/h1-3,6-7,9-12,20-23,34,39H,4-5,8,13-16,28-29H2,(H2,30,35)(H,31,38)(H,32,36)(H,33,37);;/q;-2;/p-3/t20-,21-,22-,23-;;/m0../s1. The Hall–Kier alpha value is -2.99. The monoisotopic (exact) mass is 758 g/mol. The Morgan fingerprint density at radius 2 is 1.37 bits per heavy atom. The molecule has 0 bridgehead atoms. The quantitative estimate of drug-likeness (QED) is 0.0494. The molecular formula is C27H35N6O6ReS-5. The predicted molar refractivity (Wildman–Crippen MR) is 147 cm³/mol. The van der Waals surface area contributed by atoms with Crippen molar-refractivity contribution in [3.63, 3.8) is 0 Å². The maximum Gasteiger partial charge on any atom is 0.243 e. The molecule has 0 aliphatic heterocycles. The fraction of sp³-hybridized carbons (Fsp3) is 0.407. The molecule has 0 saturated carbocycles. The van der Waals surface area contributed by atoms with E-state index in [0.717, 1.165) is 5.56 Å². The van der Waals surface area contributed by atoms with Crippen LogP contribution in [0.25, 0.3) is 0 Å². The molecule has 0 aliphatic carbocycles. The Labute approximate surface area is 258 Å². The number of amides is 3. The number of carbonyl (C=O) groups excluding carboxylic acids is 3. The second-order valence-electron chi connectivity index (χ2n) is 9.14. The number of rotatable bonds is 16. The molecule has 8 N–H and O–H groups in total. The number of benzene rings is 2. The van der Waals surface area contributed by atoms with Gasteiger partial charge in [-0.3, -0.25) is 14.4 Å². The van der Waals surface area contributed by atoms with Gasteiger partial charge in [-0.15, -0.1) is 5.75 Å². The molecule has 0 aliphatic rings. The van der Waals surface area contributed by atoms with E-state index in [9.17, 15) is 24.6 Å². The summed E-state index contributed by atoms with van der Waals surface area (Å²) in [7, 11) is 0. The first-order valence-corrected chi connectivity index (χ1v) is 13.2. The first-order chi connectivity index (χ1) is 18.6. The molecule has 0 saturated heterocycles. The minimum Gasteiger partial charge on any atom is -2.00 e. The van der Waals surface area contributed by atoms with Gasteiger partial charge < -0.3 is 61.1 Å². The summed E-state index contributed by atoms with van der Waals surface area (Å²) >= 11 is 4.85. The maximum atomic E-state index is 13.4. The van der Waals surface area contributed by atoms with Crippen LogP contribution in [0.4, 0.5) is 0 Å². The molecule has 2 aromatic rings. The van der Waals surface area contributed by atoms with E-state index in [1.54, 1.807) is 12.1 Å². The predicted octanol–water partition coefficient (Wildman–Crippen LogP) is -1.78. The Bertz CT molecular complexity index is 1100. The van der Waals surface area contributed by atoms with Crippen molar-refractivity contribution in [3.8, 4) is 5.75 Å². The zero-order valence-electron chi connectivity index (χ0n) is 22.3. The van der Waals surface area contributed by atoms with Crippen molar-refractivity contribution in [3.05, 3.63) is 65.7 Å². The number of nitrogens with two attached hydrogens (primary N) is 2. The molecule has 0 unspecified atom stereocenters. The van der Waals surface area contributed by atoms with Gasteiger partial charge in [0.05, 0.1) is 6.04 Å². The molecule has 0 spiro atoms. The van der Waals surface area contributed by atoms with E-state index in [2.05, 4.69) is 16.0 Å². The van der Waals surface area contributed by atoms with Gasteiger partial charge in [0, 0.05) is 32.9 Å². The molecule has 2 aromatic carbocycles. The summed E-state index contributed by atoms with van der Waals surface area (Å²) in [4.78, 5) is 39.3. The summed E-state index contributed by atoms with van der Waals surface area (Å²) in [6.07, 6.45) is 1.60. The number of nitrogens with one attached hydrogen (secondary N) is 4. The van der Waals surface area contributed by atoms with Crippen molar-refractivity contribution in [2.75, 3.05) is 12.3 Å². The third kappa shape index (κ3) is 13.5. The van der Waals surface area contributed by atoms with Gasteiger partial charge in [-0.2, -0.15) is 5.75 Å². The SMILES string of the molecule is N=C([O-])[C@H](C[S-])NC(=O)[C@H](CCCCN)NC(=O)[C@H](Cc1ccc([O-])cc1)NC(=O)[C@@H](N)Cc1ccccc1.[O-2].[Re]. The van der Waals surface area contributed by atoms with Gasteiger partial charge in [0.1, 0.15) is 12.1 Å². The Balaban J connectivity index is 0.00000800. The van der Waals surface area contributed by atoms with Crippen molar-refractivity contribution in [2.45, 2.75) is 56.3 Å². The fourth-order valence-corrected chi connectivity index (χ4v) is 4.03. The number of carbonyl (C=O) groups is 3. The number of hydrogen-bond acceptors (Lipinski definition) is 9. The third-order valence-electron chi connectivity index (χ3n) is 6.01. The van der Waals surface area contributed by atoms with Crippen LogP contribution in [0.3, 0.4) is 0 Å². The van der Waals surface area contributed by atoms with Crippen LogP contribution < -0.4 is 37.6 Å². The normalized spacial score (nSPS) is 13.2. The first kappa shape index (κ1) is 38.0.